The van der Waals surface area contributed by atoms with E-state index in [1.165, 1.54) is 0 Å². The van der Waals surface area contributed by atoms with Gasteiger partial charge in [-0.3, -0.25) is 9.48 Å². The third kappa shape index (κ3) is 2.84. The highest BCUT2D eigenvalue weighted by Crippen LogP contribution is 2.29. The lowest BCUT2D eigenvalue weighted by Gasteiger charge is -2.10. The summed E-state index contributed by atoms with van der Waals surface area (Å²) in [7, 11) is 1.89. The second-order valence-electron chi connectivity index (χ2n) is 6.58. The average Bonchev–Trinajstić information content (AvgIpc) is 3.26. The number of aromatic nitrogens is 5. The van der Waals surface area contributed by atoms with Crippen LogP contribution in [-0.4, -0.2) is 24.7 Å². The number of hydrogen-bond donors (Lipinski definition) is 2. The van der Waals surface area contributed by atoms with E-state index in [0.717, 1.165) is 38.4 Å². The van der Waals surface area contributed by atoms with E-state index in [1.54, 1.807) is 22.2 Å². The van der Waals surface area contributed by atoms with Gasteiger partial charge in [-0.05, 0) is 42.6 Å². The predicted molar refractivity (Wildman–Crippen MR) is 112 cm³/mol. The van der Waals surface area contributed by atoms with Gasteiger partial charge in [0.1, 0.15) is 5.82 Å². The number of benzene rings is 1. The molecule has 0 aliphatic heterocycles. The van der Waals surface area contributed by atoms with E-state index in [9.17, 15) is 4.79 Å². The Morgan fingerprint density at radius 1 is 1.11 bits per heavy atom. The third-order valence-electron chi connectivity index (χ3n) is 4.52. The van der Waals surface area contributed by atoms with E-state index >= 15 is 0 Å². The Morgan fingerprint density at radius 2 is 2.00 bits per heavy atom. The first-order valence-corrected chi connectivity index (χ1v) is 9.60. The molecule has 0 unspecified atom stereocenters. The average molecular weight is 388 g/mol. The SMILES string of the molecule is Cc1nc(-c2cc3cc[nH]c(=O)c3c(Nc3ccc4cn(C)nc4c3)n2)cs1. The van der Waals surface area contributed by atoms with Crippen molar-refractivity contribution in [2.45, 2.75) is 6.92 Å². The summed E-state index contributed by atoms with van der Waals surface area (Å²) in [6.07, 6.45) is 3.60. The van der Waals surface area contributed by atoms with Gasteiger partial charge in [-0.2, -0.15) is 5.10 Å². The Labute approximate surface area is 163 Å². The van der Waals surface area contributed by atoms with E-state index in [0.29, 0.717) is 11.2 Å². The first-order chi connectivity index (χ1) is 13.6. The minimum Gasteiger partial charge on any atom is -0.339 e. The van der Waals surface area contributed by atoms with Crippen molar-refractivity contribution in [1.82, 2.24) is 24.7 Å². The van der Waals surface area contributed by atoms with Crippen LogP contribution in [0.1, 0.15) is 5.01 Å². The molecule has 7 nitrogen and oxygen atoms in total. The Balaban J connectivity index is 1.68. The molecule has 0 amide bonds. The van der Waals surface area contributed by atoms with Gasteiger partial charge in [0.2, 0.25) is 0 Å². The highest BCUT2D eigenvalue weighted by molar-refractivity contribution is 7.09. The van der Waals surface area contributed by atoms with Crippen LogP contribution in [0, 0.1) is 6.92 Å². The molecule has 0 bridgehead atoms. The van der Waals surface area contributed by atoms with Crippen LogP contribution < -0.4 is 10.9 Å². The minimum absolute atomic E-state index is 0.188. The summed E-state index contributed by atoms with van der Waals surface area (Å²) in [6.45, 7) is 1.96. The lowest BCUT2D eigenvalue weighted by Crippen LogP contribution is -2.09. The summed E-state index contributed by atoms with van der Waals surface area (Å²) in [5.74, 6) is 0.496. The van der Waals surface area contributed by atoms with Crippen molar-refractivity contribution in [3.63, 3.8) is 0 Å². The van der Waals surface area contributed by atoms with Gasteiger partial charge in [0.15, 0.2) is 0 Å². The molecule has 28 heavy (non-hydrogen) atoms. The molecule has 0 radical (unpaired) electrons. The summed E-state index contributed by atoms with van der Waals surface area (Å²) in [4.78, 5) is 24.5. The Bertz CT molecular complexity index is 1400. The van der Waals surface area contributed by atoms with Gasteiger partial charge in [0.25, 0.3) is 5.56 Å². The highest BCUT2D eigenvalue weighted by atomic mass is 32.1. The van der Waals surface area contributed by atoms with Crippen molar-refractivity contribution in [2.24, 2.45) is 7.05 Å². The molecule has 0 fully saturated rings. The minimum atomic E-state index is -0.188. The van der Waals surface area contributed by atoms with Gasteiger partial charge in [-0.25, -0.2) is 9.97 Å². The molecule has 4 heterocycles. The van der Waals surface area contributed by atoms with Crippen molar-refractivity contribution >= 4 is 44.5 Å². The molecular formula is C20H16N6OS. The van der Waals surface area contributed by atoms with Crippen LogP contribution in [-0.2, 0) is 7.05 Å². The fourth-order valence-corrected chi connectivity index (χ4v) is 3.88. The van der Waals surface area contributed by atoms with E-state index in [-0.39, 0.29) is 5.56 Å². The number of thiazole rings is 1. The lowest BCUT2D eigenvalue weighted by molar-refractivity contribution is 0.780. The molecular weight excluding hydrogens is 372 g/mol. The topological polar surface area (TPSA) is 88.5 Å². The molecule has 0 aliphatic rings. The summed E-state index contributed by atoms with van der Waals surface area (Å²) >= 11 is 1.57. The second-order valence-corrected chi connectivity index (χ2v) is 7.64. The van der Waals surface area contributed by atoms with Crippen molar-refractivity contribution in [2.75, 3.05) is 5.32 Å². The molecule has 8 heteroatoms. The van der Waals surface area contributed by atoms with Crippen molar-refractivity contribution in [3.05, 3.63) is 63.5 Å². The molecule has 0 spiro atoms. The summed E-state index contributed by atoms with van der Waals surface area (Å²) in [5.41, 5.74) is 3.02. The number of nitrogens with zero attached hydrogens (tertiary/aromatic N) is 4. The van der Waals surface area contributed by atoms with E-state index < -0.39 is 0 Å². The summed E-state index contributed by atoms with van der Waals surface area (Å²) in [5, 5.41) is 13.1. The zero-order chi connectivity index (χ0) is 19.3. The number of hydrogen-bond acceptors (Lipinski definition) is 6. The number of nitrogens with one attached hydrogen (secondary N) is 2. The monoisotopic (exact) mass is 388 g/mol. The first kappa shape index (κ1) is 16.6. The molecule has 0 atom stereocenters. The zero-order valence-electron chi connectivity index (χ0n) is 15.2. The zero-order valence-corrected chi connectivity index (χ0v) is 16.0. The molecule has 0 aliphatic carbocycles. The van der Waals surface area contributed by atoms with E-state index in [4.69, 9.17) is 4.98 Å². The molecule has 138 valence electrons. The van der Waals surface area contributed by atoms with Gasteiger partial charge in [0, 0.05) is 35.9 Å². The van der Waals surface area contributed by atoms with Gasteiger partial charge < -0.3 is 10.3 Å². The first-order valence-electron chi connectivity index (χ1n) is 8.72. The Morgan fingerprint density at radius 3 is 2.82 bits per heavy atom. The smallest absolute Gasteiger partial charge is 0.259 e. The van der Waals surface area contributed by atoms with Gasteiger partial charge >= 0.3 is 0 Å². The number of anilines is 2. The van der Waals surface area contributed by atoms with E-state index in [2.05, 4.69) is 20.4 Å². The molecule has 2 N–H and O–H groups in total. The van der Waals surface area contributed by atoms with Crippen LogP contribution >= 0.6 is 11.3 Å². The number of pyridine rings is 2. The van der Waals surface area contributed by atoms with Crippen molar-refractivity contribution < 1.29 is 0 Å². The van der Waals surface area contributed by atoms with Crippen LogP contribution in [0.25, 0.3) is 33.1 Å². The van der Waals surface area contributed by atoms with Gasteiger partial charge in [-0.15, -0.1) is 11.3 Å². The largest absolute Gasteiger partial charge is 0.339 e. The van der Waals surface area contributed by atoms with Crippen LogP contribution in [0.5, 0.6) is 0 Å². The number of H-pyrrole nitrogens is 1. The molecule has 0 saturated carbocycles. The fourth-order valence-electron chi connectivity index (χ4n) is 3.27. The normalized spacial score (nSPS) is 11.4. The number of aryl methyl sites for hydroxylation is 2. The standard InChI is InChI=1S/C20H16N6OS/c1-11-22-17(10-28-11)16-7-12-5-6-21-20(27)18(12)19(24-16)23-14-4-3-13-9-26(2)25-15(13)8-14/h3-10H,1-2H3,(H,21,27)(H,23,24). The number of rotatable bonds is 3. The fraction of sp³-hybridized carbons (Fsp3) is 0.100. The van der Waals surface area contributed by atoms with Gasteiger partial charge in [0.05, 0.1) is 27.3 Å². The molecule has 5 rings (SSSR count). The maximum absolute atomic E-state index is 12.5. The summed E-state index contributed by atoms with van der Waals surface area (Å²) in [6, 6.07) is 9.65. The third-order valence-corrected chi connectivity index (χ3v) is 5.29. The van der Waals surface area contributed by atoms with Crippen molar-refractivity contribution in [3.8, 4) is 11.4 Å². The molecule has 0 saturated heterocycles. The molecule has 4 aromatic heterocycles. The van der Waals surface area contributed by atoms with Crippen LogP contribution in [0.4, 0.5) is 11.5 Å². The predicted octanol–water partition coefficient (Wildman–Crippen LogP) is 3.99. The Hall–Kier alpha value is -3.52. The number of fused-ring (bicyclic) bond motifs is 2. The van der Waals surface area contributed by atoms with Crippen LogP contribution in [0.3, 0.4) is 0 Å². The van der Waals surface area contributed by atoms with Gasteiger partial charge in [-0.1, -0.05) is 0 Å². The lowest BCUT2D eigenvalue weighted by atomic mass is 10.1. The maximum Gasteiger partial charge on any atom is 0.259 e. The highest BCUT2D eigenvalue weighted by Gasteiger charge is 2.13. The second kappa shape index (κ2) is 6.28. The van der Waals surface area contributed by atoms with Crippen LogP contribution in [0.2, 0.25) is 0 Å². The molecule has 5 aromatic rings. The van der Waals surface area contributed by atoms with E-state index in [1.807, 2.05) is 55.9 Å². The maximum atomic E-state index is 12.5. The molecule has 1 aromatic carbocycles. The van der Waals surface area contributed by atoms with Crippen molar-refractivity contribution in [1.29, 1.82) is 0 Å². The number of aromatic amines is 1. The quantitative estimate of drug-likeness (QED) is 0.488. The Kier molecular flexibility index (Phi) is 3.73. The summed E-state index contributed by atoms with van der Waals surface area (Å²) < 4.78 is 1.78. The van der Waals surface area contributed by atoms with Crippen LogP contribution in [0.15, 0.2) is 52.9 Å².